The third-order valence-corrected chi connectivity index (χ3v) is 3.03. The van der Waals surface area contributed by atoms with Gasteiger partial charge in [-0.25, -0.2) is 9.78 Å². The number of hydrogen-bond acceptors (Lipinski definition) is 3. The van der Waals surface area contributed by atoms with Gasteiger partial charge in [-0.15, -0.1) is 0 Å². The predicted molar refractivity (Wildman–Crippen MR) is 77.3 cm³/mol. The Bertz CT molecular complexity index is 900. The van der Waals surface area contributed by atoms with Gasteiger partial charge in [-0.2, -0.15) is 0 Å². The lowest BCUT2D eigenvalue weighted by atomic mass is 10.2. The molecular formula is C14H12N4O2. The lowest BCUT2D eigenvalue weighted by molar-refractivity contribution is 0.920. The van der Waals surface area contributed by atoms with Gasteiger partial charge in [0.15, 0.2) is 11.2 Å². The van der Waals surface area contributed by atoms with Crippen LogP contribution in [0.5, 0.6) is 0 Å². The maximum Gasteiger partial charge on any atom is 0.327 e. The molecule has 0 saturated heterocycles. The molecule has 0 amide bonds. The monoisotopic (exact) mass is 268 g/mol. The molecule has 2 heterocycles. The first-order valence-corrected chi connectivity index (χ1v) is 6.07. The van der Waals surface area contributed by atoms with Gasteiger partial charge in [0.2, 0.25) is 0 Å². The van der Waals surface area contributed by atoms with Gasteiger partial charge in [0.25, 0.3) is 5.56 Å². The summed E-state index contributed by atoms with van der Waals surface area (Å²) in [5, 5.41) is 0. The maximum absolute atomic E-state index is 11.7. The Morgan fingerprint density at radius 2 is 1.85 bits per heavy atom. The van der Waals surface area contributed by atoms with Crippen molar-refractivity contribution < 1.29 is 0 Å². The summed E-state index contributed by atoms with van der Waals surface area (Å²) < 4.78 is 1.64. The molecule has 0 radical (unpaired) electrons. The highest BCUT2D eigenvalue weighted by molar-refractivity contribution is 5.75. The first-order chi connectivity index (χ1) is 9.65. The van der Waals surface area contributed by atoms with E-state index in [2.05, 4.69) is 15.0 Å². The van der Waals surface area contributed by atoms with E-state index in [0.717, 1.165) is 5.56 Å². The molecule has 3 rings (SSSR count). The smallest absolute Gasteiger partial charge is 0.322 e. The van der Waals surface area contributed by atoms with Crippen molar-refractivity contribution in [2.75, 3.05) is 0 Å². The van der Waals surface area contributed by atoms with Gasteiger partial charge in [0.1, 0.15) is 5.82 Å². The van der Waals surface area contributed by atoms with Crippen LogP contribution in [0.2, 0.25) is 0 Å². The summed E-state index contributed by atoms with van der Waals surface area (Å²) in [4.78, 5) is 31.9. The van der Waals surface area contributed by atoms with Crippen LogP contribution in [-0.2, 0) is 7.05 Å². The molecule has 20 heavy (non-hydrogen) atoms. The average molecular weight is 268 g/mol. The Hall–Kier alpha value is -2.89. The summed E-state index contributed by atoms with van der Waals surface area (Å²) in [5.41, 5.74) is 0.658. The second-order valence-electron chi connectivity index (χ2n) is 4.38. The first kappa shape index (κ1) is 12.2. The molecule has 0 unspecified atom stereocenters. The summed E-state index contributed by atoms with van der Waals surface area (Å²) >= 11 is 0. The van der Waals surface area contributed by atoms with Gasteiger partial charge >= 0.3 is 5.69 Å². The molecule has 0 aliphatic heterocycles. The second kappa shape index (κ2) is 4.65. The van der Waals surface area contributed by atoms with E-state index in [4.69, 9.17) is 0 Å². The topological polar surface area (TPSA) is 83.5 Å². The molecule has 1 aromatic carbocycles. The molecule has 2 aromatic heterocycles. The highest BCUT2D eigenvalue weighted by Crippen LogP contribution is 2.10. The van der Waals surface area contributed by atoms with Crippen molar-refractivity contribution in [2.24, 2.45) is 7.05 Å². The van der Waals surface area contributed by atoms with E-state index in [1.165, 1.54) is 0 Å². The van der Waals surface area contributed by atoms with E-state index in [1.807, 2.05) is 36.4 Å². The van der Waals surface area contributed by atoms with Crippen LogP contribution in [0.1, 0.15) is 11.4 Å². The second-order valence-corrected chi connectivity index (χ2v) is 4.38. The summed E-state index contributed by atoms with van der Waals surface area (Å²) in [6.45, 7) is 0. The Morgan fingerprint density at radius 1 is 1.10 bits per heavy atom. The lowest BCUT2D eigenvalue weighted by Gasteiger charge is -1.95. The lowest BCUT2D eigenvalue weighted by Crippen LogP contribution is -2.22. The fourth-order valence-electron chi connectivity index (χ4n) is 2.05. The van der Waals surface area contributed by atoms with Crippen molar-refractivity contribution in [2.45, 2.75) is 0 Å². The quantitative estimate of drug-likeness (QED) is 0.730. The zero-order valence-corrected chi connectivity index (χ0v) is 10.8. The van der Waals surface area contributed by atoms with Crippen molar-refractivity contribution >= 4 is 23.3 Å². The van der Waals surface area contributed by atoms with Crippen LogP contribution in [0, 0.1) is 0 Å². The third kappa shape index (κ3) is 2.07. The van der Waals surface area contributed by atoms with Crippen molar-refractivity contribution in [3.05, 3.63) is 62.6 Å². The number of aromatic nitrogens is 4. The van der Waals surface area contributed by atoms with Crippen molar-refractivity contribution in [3.8, 4) is 0 Å². The number of aromatic amines is 2. The molecular weight excluding hydrogens is 256 g/mol. The van der Waals surface area contributed by atoms with Gasteiger partial charge in [-0.05, 0) is 11.6 Å². The van der Waals surface area contributed by atoms with E-state index < -0.39 is 11.2 Å². The summed E-state index contributed by atoms with van der Waals surface area (Å²) in [5.74, 6) is 0.594. The standard InChI is InChI=1S/C14H12N4O2/c1-18-10(8-7-9-5-3-2-4-6-9)15-12-11(18)13(19)17-14(20)16-12/h2-8H,1H3,(H2,16,17,19,20). The van der Waals surface area contributed by atoms with Crippen LogP contribution < -0.4 is 11.2 Å². The number of aryl methyl sites for hydroxylation is 1. The van der Waals surface area contributed by atoms with E-state index in [0.29, 0.717) is 11.3 Å². The number of benzene rings is 1. The molecule has 0 fully saturated rings. The predicted octanol–water partition coefficient (Wildman–Crippen LogP) is 1.12. The highest BCUT2D eigenvalue weighted by Gasteiger charge is 2.09. The fourth-order valence-corrected chi connectivity index (χ4v) is 2.05. The zero-order valence-electron chi connectivity index (χ0n) is 10.8. The number of fused-ring (bicyclic) bond motifs is 1. The SMILES string of the molecule is Cn1c(C=Cc2ccccc2)nc2[nH]c(=O)[nH]c(=O)c21. The molecule has 0 aliphatic carbocycles. The Labute approximate surface area is 113 Å². The average Bonchev–Trinajstić information content (AvgIpc) is 2.74. The molecule has 0 atom stereocenters. The summed E-state index contributed by atoms with van der Waals surface area (Å²) in [7, 11) is 1.73. The molecule has 0 saturated carbocycles. The molecule has 0 aliphatic rings. The fraction of sp³-hybridized carbons (Fsp3) is 0.0714. The van der Waals surface area contributed by atoms with Crippen LogP contribution in [0.15, 0.2) is 39.9 Å². The normalized spacial score (nSPS) is 11.4. The number of H-pyrrole nitrogens is 2. The minimum absolute atomic E-state index is 0.286. The van der Waals surface area contributed by atoms with Gasteiger partial charge in [-0.1, -0.05) is 36.4 Å². The number of imidazole rings is 1. The molecule has 0 spiro atoms. The van der Waals surface area contributed by atoms with Crippen LogP contribution in [-0.4, -0.2) is 19.5 Å². The van der Waals surface area contributed by atoms with Gasteiger partial charge in [0, 0.05) is 7.05 Å². The molecule has 6 nitrogen and oxygen atoms in total. The minimum Gasteiger partial charge on any atom is -0.322 e. The van der Waals surface area contributed by atoms with Crippen LogP contribution >= 0.6 is 0 Å². The highest BCUT2D eigenvalue weighted by atomic mass is 16.2. The Kier molecular flexibility index (Phi) is 2.83. The zero-order chi connectivity index (χ0) is 14.1. The van der Waals surface area contributed by atoms with Crippen LogP contribution in [0.4, 0.5) is 0 Å². The third-order valence-electron chi connectivity index (χ3n) is 3.03. The Balaban J connectivity index is 2.12. The first-order valence-electron chi connectivity index (χ1n) is 6.07. The van der Waals surface area contributed by atoms with Crippen molar-refractivity contribution in [3.63, 3.8) is 0 Å². The molecule has 0 bridgehead atoms. The van der Waals surface area contributed by atoms with Gasteiger partial charge < -0.3 is 4.57 Å². The van der Waals surface area contributed by atoms with Crippen LogP contribution in [0.25, 0.3) is 23.3 Å². The van der Waals surface area contributed by atoms with E-state index in [-0.39, 0.29) is 5.65 Å². The van der Waals surface area contributed by atoms with Crippen molar-refractivity contribution in [1.29, 1.82) is 0 Å². The summed E-state index contributed by atoms with van der Waals surface area (Å²) in [6, 6.07) is 9.76. The minimum atomic E-state index is -0.556. The van der Waals surface area contributed by atoms with Crippen LogP contribution in [0.3, 0.4) is 0 Å². The molecule has 6 heteroatoms. The molecule has 100 valence electrons. The van der Waals surface area contributed by atoms with E-state index in [1.54, 1.807) is 17.7 Å². The number of nitrogens with zero attached hydrogens (tertiary/aromatic N) is 2. The van der Waals surface area contributed by atoms with E-state index >= 15 is 0 Å². The Morgan fingerprint density at radius 3 is 2.60 bits per heavy atom. The van der Waals surface area contributed by atoms with E-state index in [9.17, 15) is 9.59 Å². The van der Waals surface area contributed by atoms with Gasteiger partial charge in [-0.3, -0.25) is 14.8 Å². The molecule has 3 aromatic rings. The van der Waals surface area contributed by atoms with Crippen molar-refractivity contribution in [1.82, 2.24) is 19.5 Å². The number of hydrogen-bond donors (Lipinski definition) is 2. The largest absolute Gasteiger partial charge is 0.327 e. The maximum atomic E-state index is 11.7. The molecule has 2 N–H and O–H groups in total. The number of rotatable bonds is 2. The summed E-state index contributed by atoms with van der Waals surface area (Å²) in [6.07, 6.45) is 3.70. The van der Waals surface area contributed by atoms with Gasteiger partial charge in [0.05, 0.1) is 0 Å². The number of nitrogens with one attached hydrogen (secondary N) is 2.